The molecule has 0 aromatic heterocycles. The van der Waals surface area contributed by atoms with Gasteiger partial charge >= 0.3 is 0 Å². The molecular weight excluding hydrogens is 208 g/mol. The monoisotopic (exact) mass is 234 g/mol. The molecule has 3 heteroatoms. The van der Waals surface area contributed by atoms with Gasteiger partial charge in [-0.05, 0) is 6.42 Å². The van der Waals surface area contributed by atoms with Crippen LogP contribution in [0.1, 0.15) is 58.3 Å². The van der Waals surface area contributed by atoms with Crippen LogP contribution in [0.15, 0.2) is 0 Å². The molecule has 2 nitrogen and oxygen atoms in total. The third-order valence-corrected chi connectivity index (χ3v) is 3.93. The smallest absolute Gasteiger partial charge is 0.0546 e. The minimum Gasteiger partial charge on any atom is -0.395 e. The Morgan fingerprint density at radius 2 is 1.40 bits per heavy atom. The Balaban J connectivity index is 3.01. The normalized spacial score (nSPS) is 12.9. The van der Waals surface area contributed by atoms with Crippen molar-refractivity contribution in [2.45, 2.75) is 58.3 Å². The molecule has 0 bridgehead atoms. The van der Waals surface area contributed by atoms with Gasteiger partial charge in [-0.1, -0.05) is 51.9 Å². The molecule has 15 heavy (non-hydrogen) atoms. The molecule has 0 heterocycles. The van der Waals surface area contributed by atoms with Crippen molar-refractivity contribution >= 4 is 10.8 Å². The SMILES string of the molecule is CCCCCCCCCC[S@](=O)CCO. The molecule has 0 aliphatic rings. The number of hydrogen-bond acceptors (Lipinski definition) is 2. The summed E-state index contributed by atoms with van der Waals surface area (Å²) in [5, 5.41) is 8.57. The molecule has 1 N–H and O–H groups in total. The van der Waals surface area contributed by atoms with Crippen LogP contribution in [-0.4, -0.2) is 27.4 Å². The molecule has 0 aromatic carbocycles. The molecule has 0 saturated heterocycles. The Labute approximate surface area is 96.9 Å². The third-order valence-electron chi connectivity index (χ3n) is 2.54. The average Bonchev–Trinajstić information content (AvgIpc) is 2.22. The summed E-state index contributed by atoms with van der Waals surface area (Å²) in [7, 11) is -0.780. The molecule has 0 saturated carbocycles. The van der Waals surface area contributed by atoms with E-state index in [2.05, 4.69) is 6.92 Å². The van der Waals surface area contributed by atoms with Gasteiger partial charge in [0.2, 0.25) is 0 Å². The minimum atomic E-state index is -0.780. The largest absolute Gasteiger partial charge is 0.395 e. The fourth-order valence-electron chi connectivity index (χ4n) is 1.60. The fourth-order valence-corrected chi connectivity index (χ4v) is 2.53. The summed E-state index contributed by atoms with van der Waals surface area (Å²) in [6, 6.07) is 0. The first kappa shape index (κ1) is 15.1. The van der Waals surface area contributed by atoms with Crippen LogP contribution in [0.2, 0.25) is 0 Å². The van der Waals surface area contributed by atoms with E-state index in [1.165, 1.54) is 44.9 Å². The Hall–Kier alpha value is 0.110. The second kappa shape index (κ2) is 12.2. The minimum absolute atomic E-state index is 0.0592. The van der Waals surface area contributed by atoms with Crippen molar-refractivity contribution in [2.75, 3.05) is 18.1 Å². The van der Waals surface area contributed by atoms with E-state index in [-0.39, 0.29) is 6.61 Å². The summed E-state index contributed by atoms with van der Waals surface area (Å²) in [6.45, 7) is 2.29. The molecule has 0 amide bonds. The van der Waals surface area contributed by atoms with Crippen molar-refractivity contribution in [3.63, 3.8) is 0 Å². The lowest BCUT2D eigenvalue weighted by atomic mass is 10.1. The molecule has 0 aliphatic carbocycles. The molecule has 1 atom stereocenters. The van der Waals surface area contributed by atoms with Gasteiger partial charge in [-0.15, -0.1) is 0 Å². The highest BCUT2D eigenvalue weighted by Gasteiger charge is 1.98. The molecule has 0 aromatic rings. The molecule has 0 spiro atoms. The number of aliphatic hydroxyl groups is 1. The lowest BCUT2D eigenvalue weighted by Gasteiger charge is -2.01. The van der Waals surface area contributed by atoms with Crippen LogP contribution in [0.5, 0.6) is 0 Å². The van der Waals surface area contributed by atoms with Crippen molar-refractivity contribution in [1.82, 2.24) is 0 Å². The summed E-state index contributed by atoms with van der Waals surface area (Å²) >= 11 is 0. The summed E-state index contributed by atoms with van der Waals surface area (Å²) < 4.78 is 11.2. The van der Waals surface area contributed by atoms with Crippen LogP contribution < -0.4 is 0 Å². The highest BCUT2D eigenvalue weighted by atomic mass is 32.2. The van der Waals surface area contributed by atoms with Crippen LogP contribution in [0.4, 0.5) is 0 Å². The number of rotatable bonds is 11. The Morgan fingerprint density at radius 1 is 0.867 bits per heavy atom. The van der Waals surface area contributed by atoms with Gasteiger partial charge < -0.3 is 5.11 Å². The number of unbranched alkanes of at least 4 members (excludes halogenated alkanes) is 7. The van der Waals surface area contributed by atoms with E-state index in [0.29, 0.717) is 5.75 Å². The number of aliphatic hydroxyl groups excluding tert-OH is 1. The first-order valence-electron chi connectivity index (χ1n) is 6.27. The van der Waals surface area contributed by atoms with Gasteiger partial charge in [-0.3, -0.25) is 4.21 Å². The van der Waals surface area contributed by atoms with E-state index in [0.717, 1.165) is 12.2 Å². The zero-order chi connectivity index (χ0) is 11.4. The zero-order valence-corrected chi connectivity index (χ0v) is 10.9. The van der Waals surface area contributed by atoms with Crippen LogP contribution in [0.3, 0.4) is 0 Å². The predicted molar refractivity (Wildman–Crippen MR) is 67.6 cm³/mol. The molecule has 92 valence electrons. The standard InChI is InChI=1S/C12H26O2S/c1-2-3-4-5-6-7-8-9-11-15(14)12-10-13/h13H,2-12H2,1H3/t15-/m0/s1. The van der Waals surface area contributed by atoms with E-state index >= 15 is 0 Å². The fraction of sp³-hybridized carbons (Fsp3) is 1.00. The number of hydrogen-bond donors (Lipinski definition) is 1. The molecule has 0 rings (SSSR count). The van der Waals surface area contributed by atoms with E-state index < -0.39 is 10.8 Å². The molecule has 0 fully saturated rings. The first-order chi connectivity index (χ1) is 7.31. The van der Waals surface area contributed by atoms with Gasteiger partial charge in [0, 0.05) is 22.3 Å². The van der Waals surface area contributed by atoms with Crippen molar-refractivity contribution < 1.29 is 9.32 Å². The van der Waals surface area contributed by atoms with Crippen molar-refractivity contribution in [3.05, 3.63) is 0 Å². The van der Waals surface area contributed by atoms with Crippen LogP contribution >= 0.6 is 0 Å². The van der Waals surface area contributed by atoms with E-state index in [1.54, 1.807) is 0 Å². The highest BCUT2D eigenvalue weighted by Crippen LogP contribution is 2.08. The Bertz CT molecular complexity index is 149. The molecule has 0 aliphatic heterocycles. The van der Waals surface area contributed by atoms with E-state index in [9.17, 15) is 4.21 Å². The quantitative estimate of drug-likeness (QED) is 0.558. The lowest BCUT2D eigenvalue weighted by molar-refractivity contribution is 0.321. The summed E-state index contributed by atoms with van der Waals surface area (Å²) in [5.74, 6) is 1.23. The average molecular weight is 234 g/mol. The van der Waals surface area contributed by atoms with Crippen molar-refractivity contribution in [1.29, 1.82) is 0 Å². The zero-order valence-electron chi connectivity index (χ0n) is 10.0. The van der Waals surface area contributed by atoms with Crippen molar-refractivity contribution in [3.8, 4) is 0 Å². The molecular formula is C12H26O2S. The topological polar surface area (TPSA) is 37.3 Å². The Kier molecular flexibility index (Phi) is 12.3. The second-order valence-electron chi connectivity index (χ2n) is 4.05. The summed E-state index contributed by atoms with van der Waals surface area (Å²) in [4.78, 5) is 0. The summed E-state index contributed by atoms with van der Waals surface area (Å²) in [6.07, 6.45) is 10.2. The van der Waals surface area contributed by atoms with Crippen molar-refractivity contribution in [2.24, 2.45) is 0 Å². The van der Waals surface area contributed by atoms with Crippen LogP contribution in [0.25, 0.3) is 0 Å². The van der Waals surface area contributed by atoms with Gasteiger partial charge in [0.1, 0.15) is 0 Å². The van der Waals surface area contributed by atoms with Crippen LogP contribution in [0, 0.1) is 0 Å². The van der Waals surface area contributed by atoms with Gasteiger partial charge in [0.25, 0.3) is 0 Å². The second-order valence-corrected chi connectivity index (χ2v) is 5.74. The van der Waals surface area contributed by atoms with Crippen LogP contribution in [-0.2, 0) is 10.8 Å². The maximum atomic E-state index is 11.2. The predicted octanol–water partition coefficient (Wildman–Crippen LogP) is 2.87. The van der Waals surface area contributed by atoms with Gasteiger partial charge in [0.15, 0.2) is 0 Å². The highest BCUT2D eigenvalue weighted by molar-refractivity contribution is 7.84. The molecule has 0 unspecified atom stereocenters. The Morgan fingerprint density at radius 3 is 1.93 bits per heavy atom. The third kappa shape index (κ3) is 12.0. The first-order valence-corrected chi connectivity index (χ1v) is 7.76. The van der Waals surface area contributed by atoms with Gasteiger partial charge in [-0.25, -0.2) is 0 Å². The van der Waals surface area contributed by atoms with E-state index in [1.807, 2.05) is 0 Å². The summed E-state index contributed by atoms with van der Waals surface area (Å²) in [5.41, 5.74) is 0. The van der Waals surface area contributed by atoms with Gasteiger partial charge in [0.05, 0.1) is 6.61 Å². The lowest BCUT2D eigenvalue weighted by Crippen LogP contribution is -2.05. The maximum absolute atomic E-state index is 11.2. The van der Waals surface area contributed by atoms with Gasteiger partial charge in [-0.2, -0.15) is 0 Å². The maximum Gasteiger partial charge on any atom is 0.0546 e. The van der Waals surface area contributed by atoms with E-state index in [4.69, 9.17) is 5.11 Å². The molecule has 0 radical (unpaired) electrons.